The Morgan fingerprint density at radius 3 is 2.64 bits per heavy atom. The Labute approximate surface area is 162 Å². The summed E-state index contributed by atoms with van der Waals surface area (Å²) < 4.78 is 11.7. The van der Waals surface area contributed by atoms with Gasteiger partial charge in [0.2, 0.25) is 0 Å². The van der Waals surface area contributed by atoms with Crippen LogP contribution < -0.4 is 10.5 Å². The van der Waals surface area contributed by atoms with Crippen molar-refractivity contribution >= 4 is 33.3 Å². The Bertz CT molecular complexity index is 728. The number of halogens is 2. The monoisotopic (exact) mass is 427 g/mol. The number of rotatable bonds is 8. The number of benzene rings is 1. The Hall–Kier alpha value is -1.37. The van der Waals surface area contributed by atoms with E-state index in [4.69, 9.17) is 26.8 Å². The maximum atomic E-state index is 6.33. The summed E-state index contributed by atoms with van der Waals surface area (Å²) in [5, 5.41) is 0.520. The number of methoxy groups -OCH3 is 1. The van der Waals surface area contributed by atoms with Crippen LogP contribution in [0.5, 0.6) is 5.75 Å². The van der Waals surface area contributed by atoms with E-state index in [1.54, 1.807) is 13.2 Å². The molecule has 0 amide bonds. The van der Waals surface area contributed by atoms with Gasteiger partial charge in [0.1, 0.15) is 27.6 Å². The third kappa shape index (κ3) is 5.06. The molecule has 0 aliphatic heterocycles. The first-order valence-electron chi connectivity index (χ1n) is 8.27. The molecule has 1 heterocycles. The number of nitrogens with two attached hydrogens (primary N) is 1. The van der Waals surface area contributed by atoms with E-state index in [0.29, 0.717) is 39.2 Å². The van der Waals surface area contributed by atoms with E-state index < -0.39 is 0 Å². The molecule has 2 aromatic rings. The number of anilines is 1. The van der Waals surface area contributed by atoms with Crippen LogP contribution in [0.15, 0.2) is 22.8 Å². The summed E-state index contributed by atoms with van der Waals surface area (Å²) in [5.74, 6) is 1.02. The number of ether oxygens (including phenoxy) is 2. The van der Waals surface area contributed by atoms with E-state index in [0.717, 1.165) is 24.8 Å². The lowest BCUT2D eigenvalue weighted by molar-refractivity contribution is 0.0306. The standard InChI is InChI=1S/C18H23BrClN3O2/c1-4-6-11(5-2)25-10-15-18(21)23-16(17(19)22-15)13-8-7-12(24-3)9-14(13)20/h7-9,11H,4-6,10H2,1-3H3,(H2,21,23). The minimum absolute atomic E-state index is 0.209. The average Bonchev–Trinajstić information content (AvgIpc) is 2.61. The van der Waals surface area contributed by atoms with Crippen LogP contribution >= 0.6 is 27.5 Å². The van der Waals surface area contributed by atoms with Gasteiger partial charge in [-0.3, -0.25) is 0 Å². The minimum atomic E-state index is 0.209. The molecule has 0 bridgehead atoms. The van der Waals surface area contributed by atoms with Crippen molar-refractivity contribution in [2.45, 2.75) is 45.8 Å². The lowest BCUT2D eigenvalue weighted by atomic mass is 10.1. The highest BCUT2D eigenvalue weighted by Crippen LogP contribution is 2.34. The molecule has 25 heavy (non-hydrogen) atoms. The average molecular weight is 429 g/mol. The molecule has 136 valence electrons. The fourth-order valence-electron chi connectivity index (χ4n) is 2.48. The highest BCUT2D eigenvalue weighted by atomic mass is 79.9. The lowest BCUT2D eigenvalue weighted by Gasteiger charge is -2.16. The molecule has 5 nitrogen and oxygen atoms in total. The fraction of sp³-hybridized carbons (Fsp3) is 0.444. The minimum Gasteiger partial charge on any atom is -0.497 e. The maximum absolute atomic E-state index is 6.33. The number of aromatic nitrogens is 2. The van der Waals surface area contributed by atoms with E-state index in [2.05, 4.69) is 39.7 Å². The van der Waals surface area contributed by atoms with Crippen LogP contribution in [0.4, 0.5) is 5.82 Å². The van der Waals surface area contributed by atoms with Crippen molar-refractivity contribution < 1.29 is 9.47 Å². The summed E-state index contributed by atoms with van der Waals surface area (Å²) in [7, 11) is 1.59. The quantitative estimate of drug-likeness (QED) is 0.622. The van der Waals surface area contributed by atoms with E-state index >= 15 is 0 Å². The zero-order chi connectivity index (χ0) is 18.4. The van der Waals surface area contributed by atoms with E-state index in [1.807, 2.05) is 12.1 Å². The number of nitrogen functional groups attached to an aromatic ring is 1. The van der Waals surface area contributed by atoms with Gasteiger partial charge in [-0.1, -0.05) is 31.9 Å². The molecule has 7 heteroatoms. The zero-order valence-electron chi connectivity index (χ0n) is 14.7. The maximum Gasteiger partial charge on any atom is 0.148 e. The van der Waals surface area contributed by atoms with E-state index in [1.165, 1.54) is 0 Å². The molecule has 1 aromatic heterocycles. The van der Waals surface area contributed by atoms with Crippen molar-refractivity contribution in [1.29, 1.82) is 0 Å². The molecule has 2 N–H and O–H groups in total. The third-order valence-electron chi connectivity index (χ3n) is 3.91. The van der Waals surface area contributed by atoms with E-state index in [9.17, 15) is 0 Å². The molecule has 1 atom stereocenters. The highest BCUT2D eigenvalue weighted by Gasteiger charge is 2.16. The molecule has 0 saturated heterocycles. The second-order valence-electron chi connectivity index (χ2n) is 5.67. The predicted octanol–water partition coefficient (Wildman–Crippen LogP) is 5.25. The summed E-state index contributed by atoms with van der Waals surface area (Å²) in [6, 6.07) is 5.38. The van der Waals surface area contributed by atoms with Crippen LogP contribution in [0.1, 0.15) is 38.8 Å². The van der Waals surface area contributed by atoms with Crippen molar-refractivity contribution in [2.24, 2.45) is 0 Å². The van der Waals surface area contributed by atoms with E-state index in [-0.39, 0.29) is 6.10 Å². The van der Waals surface area contributed by atoms with Gasteiger partial charge in [-0.2, -0.15) is 0 Å². The summed E-state index contributed by atoms with van der Waals surface area (Å²) in [6.07, 6.45) is 3.27. The van der Waals surface area contributed by atoms with Crippen LogP contribution in [-0.4, -0.2) is 23.2 Å². The van der Waals surface area contributed by atoms with Crippen LogP contribution in [0, 0.1) is 0 Å². The first-order chi connectivity index (χ1) is 12.0. The Morgan fingerprint density at radius 1 is 1.28 bits per heavy atom. The van der Waals surface area contributed by atoms with Gasteiger partial charge in [0.15, 0.2) is 0 Å². The lowest BCUT2D eigenvalue weighted by Crippen LogP contribution is -2.13. The number of hydrogen-bond acceptors (Lipinski definition) is 5. The van der Waals surface area contributed by atoms with Gasteiger partial charge in [-0.05, 0) is 47.0 Å². The molecular formula is C18H23BrClN3O2. The molecule has 2 rings (SSSR count). The largest absolute Gasteiger partial charge is 0.497 e. The molecule has 0 saturated carbocycles. The van der Waals surface area contributed by atoms with Crippen molar-refractivity contribution in [2.75, 3.05) is 12.8 Å². The second-order valence-corrected chi connectivity index (χ2v) is 6.83. The van der Waals surface area contributed by atoms with Crippen LogP contribution in [0.2, 0.25) is 5.02 Å². The molecule has 1 aromatic carbocycles. The first-order valence-corrected chi connectivity index (χ1v) is 9.44. The molecule has 0 aliphatic rings. The summed E-state index contributed by atoms with van der Waals surface area (Å²) in [4.78, 5) is 8.99. The van der Waals surface area contributed by atoms with Gasteiger partial charge in [-0.25, -0.2) is 9.97 Å². The fourth-order valence-corrected chi connectivity index (χ4v) is 3.25. The Kier molecular flexibility index (Phi) is 7.47. The summed E-state index contributed by atoms with van der Waals surface area (Å²) in [5.41, 5.74) is 8.04. The van der Waals surface area contributed by atoms with Crippen molar-refractivity contribution in [3.05, 3.63) is 33.5 Å². The van der Waals surface area contributed by atoms with Crippen LogP contribution in [-0.2, 0) is 11.3 Å². The first kappa shape index (κ1) is 19.9. The summed E-state index contributed by atoms with van der Waals surface area (Å²) >= 11 is 9.80. The normalized spacial score (nSPS) is 12.2. The van der Waals surface area contributed by atoms with Crippen molar-refractivity contribution in [3.8, 4) is 17.0 Å². The molecule has 0 aliphatic carbocycles. The molecule has 0 radical (unpaired) electrons. The SMILES string of the molecule is CCCC(CC)OCc1nc(Br)c(-c2ccc(OC)cc2Cl)nc1N. The predicted molar refractivity (Wildman–Crippen MR) is 105 cm³/mol. The number of hydrogen-bond donors (Lipinski definition) is 1. The van der Waals surface area contributed by atoms with Gasteiger partial charge in [0.25, 0.3) is 0 Å². The molecule has 1 unspecified atom stereocenters. The van der Waals surface area contributed by atoms with Gasteiger partial charge in [-0.15, -0.1) is 0 Å². The topological polar surface area (TPSA) is 70.3 Å². The van der Waals surface area contributed by atoms with Gasteiger partial charge < -0.3 is 15.2 Å². The number of nitrogens with zero attached hydrogens (tertiary/aromatic N) is 2. The van der Waals surface area contributed by atoms with Crippen LogP contribution in [0.3, 0.4) is 0 Å². The zero-order valence-corrected chi connectivity index (χ0v) is 17.0. The smallest absolute Gasteiger partial charge is 0.148 e. The van der Waals surface area contributed by atoms with Gasteiger partial charge in [0.05, 0.1) is 24.8 Å². The highest BCUT2D eigenvalue weighted by molar-refractivity contribution is 9.10. The van der Waals surface area contributed by atoms with Crippen molar-refractivity contribution in [1.82, 2.24) is 9.97 Å². The Morgan fingerprint density at radius 2 is 2.04 bits per heavy atom. The van der Waals surface area contributed by atoms with Crippen molar-refractivity contribution in [3.63, 3.8) is 0 Å². The van der Waals surface area contributed by atoms with Gasteiger partial charge in [0, 0.05) is 5.56 Å². The van der Waals surface area contributed by atoms with Gasteiger partial charge >= 0.3 is 0 Å². The third-order valence-corrected chi connectivity index (χ3v) is 4.78. The summed E-state index contributed by atoms with van der Waals surface area (Å²) in [6.45, 7) is 4.59. The van der Waals surface area contributed by atoms with Crippen LogP contribution in [0.25, 0.3) is 11.3 Å². The second kappa shape index (κ2) is 9.36. The molecule has 0 fully saturated rings. The molecular weight excluding hydrogens is 406 g/mol. The molecule has 0 spiro atoms. The Balaban J connectivity index is 2.25.